The minimum absolute atomic E-state index is 0.0125. The maximum Gasteiger partial charge on any atom is 0.393 e. The van der Waals surface area contributed by atoms with Crippen molar-refractivity contribution in [3.63, 3.8) is 0 Å². The van der Waals surface area contributed by atoms with Crippen molar-refractivity contribution in [1.29, 1.82) is 0 Å². The van der Waals surface area contributed by atoms with Crippen molar-refractivity contribution >= 4 is 82.5 Å². The average Bonchev–Trinajstić information content (AvgIpc) is 0.960. The van der Waals surface area contributed by atoms with Gasteiger partial charge in [-0.05, 0) is 126 Å². The van der Waals surface area contributed by atoms with Gasteiger partial charge in [0.2, 0.25) is 70.9 Å². The number of ether oxygens (including phenoxy) is 2. The van der Waals surface area contributed by atoms with E-state index in [0.29, 0.717) is 44.4 Å². The monoisotopic (exact) mass is 1520 g/mol. The van der Waals surface area contributed by atoms with Gasteiger partial charge >= 0.3 is 6.18 Å². The van der Waals surface area contributed by atoms with E-state index in [1.807, 2.05) is 26.8 Å². The molecule has 2 saturated heterocycles. The Kier molecular flexibility index (Phi) is 30.8. The first-order valence-corrected chi connectivity index (χ1v) is 39.1. The highest BCUT2D eigenvalue weighted by Gasteiger charge is 2.59. The van der Waals surface area contributed by atoms with Crippen LogP contribution in [0.2, 0.25) is 0 Å². The highest BCUT2D eigenvalue weighted by molar-refractivity contribution is 6.21. The van der Waals surface area contributed by atoms with Crippen LogP contribution in [0.5, 0.6) is 0 Å². The molecule has 0 radical (unpaired) electrons. The maximum atomic E-state index is 15.8. The number of halogens is 4. The van der Waals surface area contributed by atoms with E-state index in [1.54, 1.807) is 26.8 Å². The molecule has 3 unspecified atom stereocenters. The third kappa shape index (κ3) is 21.2. The molecule has 106 heavy (non-hydrogen) atoms. The van der Waals surface area contributed by atoms with Crippen LogP contribution in [0, 0.1) is 40.9 Å². The van der Waals surface area contributed by atoms with Gasteiger partial charge in [-0.3, -0.25) is 57.5 Å². The Morgan fingerprint density at radius 3 is 1.92 bits per heavy atom. The number of nitrogens with one attached hydrogen (secondary N) is 3. The van der Waals surface area contributed by atoms with Crippen molar-refractivity contribution in [1.82, 2.24) is 60.0 Å². The number of amides is 12. The zero-order valence-electron chi connectivity index (χ0n) is 65.4. The Bertz CT molecular complexity index is 3160. The standard InChI is InChI=1S/C76H122ClF3N12O14/c1-16-47(5)63-71(102)86(11)42-62(95)87(12)55-26-20-19-23-35-91(70(55)101)58(37-49-29-27-46(4)28-30-49)69(100)85(10)41-60(93)81-54(34-32-48-31-33-52(53(77)36-48)76(78,79)80)67(98)92-40-51(106-18-3)38-56(92)66(97)83-75(44-74(6,7)45-75)73(104)90(15)64(50-24-21-22-25-50)72(103)89(14)57(68(99)84(8)9)39-61(94)88(13)59(43-105-17-2)65(96)82-63/h19-20,46-59,63-64H,16-18,21-45H2,1-15H3,(H,81,93)(H,82,96)(H,83,97)/b20-19-/t46?,47-,48?,49?,51+,52?,53?,54-,55-,56-,57-,58-,59-,63-,64-/m0/s1. The van der Waals surface area contributed by atoms with Gasteiger partial charge in [0.1, 0.15) is 53.9 Å². The topological polar surface area (TPSA) is 289 Å². The molecule has 4 aliphatic carbocycles. The highest BCUT2D eigenvalue weighted by Crippen LogP contribution is 2.50. The molecule has 1 spiro atoms. The van der Waals surface area contributed by atoms with E-state index in [-0.39, 0.29) is 103 Å². The minimum Gasteiger partial charge on any atom is -0.379 e. The molecule has 598 valence electrons. The van der Waals surface area contributed by atoms with Crippen molar-refractivity contribution in [2.24, 2.45) is 40.9 Å². The normalized spacial score (nSPS) is 31.9. The van der Waals surface area contributed by atoms with Crippen molar-refractivity contribution < 1.29 is 80.2 Å². The fourth-order valence-electron chi connectivity index (χ4n) is 17.4. The van der Waals surface area contributed by atoms with Gasteiger partial charge in [-0.25, -0.2) is 0 Å². The minimum atomic E-state index is -4.53. The predicted molar refractivity (Wildman–Crippen MR) is 391 cm³/mol. The highest BCUT2D eigenvalue weighted by atomic mass is 35.5. The van der Waals surface area contributed by atoms with Crippen molar-refractivity contribution in [2.75, 3.05) is 102 Å². The largest absolute Gasteiger partial charge is 0.393 e. The van der Waals surface area contributed by atoms with Crippen molar-refractivity contribution in [3.8, 4) is 0 Å². The van der Waals surface area contributed by atoms with E-state index in [4.69, 9.17) is 21.1 Å². The lowest BCUT2D eigenvalue weighted by Gasteiger charge is -2.54. The number of hydrogen-bond acceptors (Lipinski definition) is 14. The fourth-order valence-corrected chi connectivity index (χ4v) is 18.0. The second-order valence-electron chi connectivity index (χ2n) is 32.6. The summed E-state index contributed by atoms with van der Waals surface area (Å²) < 4.78 is 54.4. The molecule has 13 atom stereocenters. The van der Waals surface area contributed by atoms with Crippen LogP contribution in [0.3, 0.4) is 0 Å². The summed E-state index contributed by atoms with van der Waals surface area (Å²) in [5.74, 6) is -10.9. The molecule has 0 aromatic heterocycles. The van der Waals surface area contributed by atoms with E-state index < -0.39 is 191 Å². The summed E-state index contributed by atoms with van der Waals surface area (Å²) in [5, 5.41) is 7.54. The van der Waals surface area contributed by atoms with Gasteiger partial charge in [-0.2, -0.15) is 13.2 Å². The lowest BCUT2D eigenvalue weighted by atomic mass is 9.58. The van der Waals surface area contributed by atoms with Crippen LogP contribution in [0.25, 0.3) is 0 Å². The maximum absolute atomic E-state index is 15.8. The summed E-state index contributed by atoms with van der Waals surface area (Å²) >= 11 is 6.47. The number of likely N-dealkylation sites (N-methyl/N-ethyl adjacent to an activating group) is 7. The van der Waals surface area contributed by atoms with E-state index in [1.165, 1.54) is 85.8 Å². The summed E-state index contributed by atoms with van der Waals surface area (Å²) in [4.78, 5) is 193. The molecule has 3 aliphatic heterocycles. The van der Waals surface area contributed by atoms with Crippen LogP contribution in [0.15, 0.2) is 12.2 Å². The molecule has 30 heteroatoms. The van der Waals surface area contributed by atoms with Crippen LogP contribution in [0.1, 0.15) is 183 Å². The number of carbonyl (C=O) groups is 12. The fraction of sp³-hybridized carbons (Fsp3) is 0.816. The van der Waals surface area contributed by atoms with Gasteiger partial charge in [0.05, 0.1) is 38.1 Å². The van der Waals surface area contributed by atoms with E-state index in [2.05, 4.69) is 22.9 Å². The van der Waals surface area contributed by atoms with Crippen LogP contribution < -0.4 is 16.0 Å². The van der Waals surface area contributed by atoms with Gasteiger partial charge in [-0.1, -0.05) is 91.7 Å². The van der Waals surface area contributed by atoms with E-state index >= 15 is 28.8 Å². The molecule has 0 aromatic carbocycles. The zero-order chi connectivity index (χ0) is 78.6. The summed E-state index contributed by atoms with van der Waals surface area (Å²) in [6.07, 6.45) is 4.46. The van der Waals surface area contributed by atoms with Gasteiger partial charge in [0.15, 0.2) is 0 Å². The quantitative estimate of drug-likeness (QED) is 0.138. The summed E-state index contributed by atoms with van der Waals surface area (Å²) in [6, 6.07) is -10.5. The van der Waals surface area contributed by atoms with Crippen LogP contribution in [0.4, 0.5) is 13.2 Å². The molecule has 7 rings (SSSR count). The Balaban J connectivity index is 1.33. The summed E-state index contributed by atoms with van der Waals surface area (Å²) in [7, 11) is 11.4. The number of hydrogen-bond donors (Lipinski definition) is 3. The van der Waals surface area contributed by atoms with Crippen molar-refractivity contribution in [2.45, 2.75) is 255 Å². The second kappa shape index (κ2) is 37.7. The summed E-state index contributed by atoms with van der Waals surface area (Å²) in [5.41, 5.74) is -2.19. The molecule has 2 bridgehead atoms. The number of carbonyl (C=O) groups excluding carboxylic acids is 12. The molecule has 7 aliphatic rings. The summed E-state index contributed by atoms with van der Waals surface area (Å²) in [6.45, 7) is 11.7. The van der Waals surface area contributed by atoms with Gasteiger partial charge < -0.3 is 69.5 Å². The molecule has 6 fully saturated rings. The van der Waals surface area contributed by atoms with Gasteiger partial charge in [0, 0.05) is 94.5 Å². The van der Waals surface area contributed by atoms with Crippen LogP contribution in [-0.4, -0.2) is 289 Å². The molecule has 3 heterocycles. The third-order valence-electron chi connectivity index (χ3n) is 23.9. The molecule has 3 N–H and O–H groups in total. The second-order valence-corrected chi connectivity index (χ2v) is 33.2. The van der Waals surface area contributed by atoms with Gasteiger partial charge in [0.25, 0.3) is 0 Å². The Morgan fingerprint density at radius 2 is 1.33 bits per heavy atom. The van der Waals surface area contributed by atoms with Crippen molar-refractivity contribution in [3.05, 3.63) is 12.2 Å². The zero-order valence-corrected chi connectivity index (χ0v) is 66.2. The van der Waals surface area contributed by atoms with Crippen LogP contribution in [-0.2, 0) is 67.0 Å². The first-order chi connectivity index (χ1) is 49.8. The smallest absolute Gasteiger partial charge is 0.379 e. The number of nitrogens with zero attached hydrogens (tertiary/aromatic N) is 9. The Labute approximate surface area is 630 Å². The SMILES string of the molecule is CCOC[C@H]1C(=O)N[C@@H]([C@@H](C)CC)C(=O)N(C)CC(=O)N(C)[C@H]2C/C=C\CCN(C2=O)[C@@H](CC2CCC(C)CC2)C(=O)N(C)CC(=O)N[C@@H](CCC2CCC(C(F)(F)F)C(Cl)C2)C(=O)N2C[C@H](OCC)C[C@H]2C(=O)NC2(CC(C)(C)C2)C(=O)N(C)[C@@H](C2CCCC2)C(=O)N(C)[C@H](C(=O)N(C)C)CC(=O)N1C. The predicted octanol–water partition coefficient (Wildman–Crippen LogP) is 5.76. The third-order valence-corrected chi connectivity index (χ3v) is 24.4. The first-order valence-electron chi connectivity index (χ1n) is 38.6. The lowest BCUT2D eigenvalue weighted by molar-refractivity contribution is -0.182. The number of rotatable bonds is 14. The van der Waals surface area contributed by atoms with Crippen LogP contribution >= 0.6 is 11.6 Å². The average molecular weight is 1520 g/mol. The number of alkyl halides is 4. The van der Waals surface area contributed by atoms with E-state index in [0.717, 1.165) is 40.4 Å². The van der Waals surface area contributed by atoms with Gasteiger partial charge in [-0.15, -0.1) is 11.6 Å². The molecule has 0 aromatic rings. The van der Waals surface area contributed by atoms with E-state index in [9.17, 15) is 41.9 Å². The molecule has 26 nitrogen and oxygen atoms in total. The molecule has 4 saturated carbocycles. The Hall–Kier alpha value is -6.62. The number of fused-ring (bicyclic) bond motifs is 3. The first kappa shape index (κ1) is 86.6. The lowest BCUT2D eigenvalue weighted by Crippen LogP contribution is -2.71. The molecular formula is C76H122ClF3N12O14. The molecule has 12 amide bonds. The Morgan fingerprint density at radius 1 is 0.689 bits per heavy atom. The molecular weight excluding hydrogens is 1400 g/mol.